The number of hydrogen-bond donors (Lipinski definition) is 1. The van der Waals surface area contributed by atoms with E-state index in [1.807, 2.05) is 18.3 Å². The lowest BCUT2D eigenvalue weighted by molar-refractivity contribution is 0.164. The summed E-state index contributed by atoms with van der Waals surface area (Å²) in [6, 6.07) is 8.75. The molecular weight excluding hydrogens is 188 g/mol. The van der Waals surface area contributed by atoms with Gasteiger partial charge in [-0.05, 0) is 18.1 Å². The lowest BCUT2D eigenvalue weighted by atomic mass is 10.0. The summed E-state index contributed by atoms with van der Waals surface area (Å²) in [4.78, 5) is 2.29. The Morgan fingerprint density at radius 1 is 1.33 bits per heavy atom. The zero-order valence-electron chi connectivity index (χ0n) is 8.52. The molecule has 0 aliphatic carbocycles. The largest absolute Gasteiger partial charge is 0.491 e. The van der Waals surface area contributed by atoms with Crippen LogP contribution in [0.25, 0.3) is 0 Å². The first-order valence-electron chi connectivity index (χ1n) is 5.30. The van der Waals surface area contributed by atoms with E-state index in [0.717, 1.165) is 25.4 Å². The van der Waals surface area contributed by atoms with Crippen molar-refractivity contribution in [2.24, 2.45) is 0 Å². The Morgan fingerprint density at radius 3 is 3.13 bits per heavy atom. The number of benzene rings is 1. The van der Waals surface area contributed by atoms with Crippen LogP contribution >= 0.6 is 0 Å². The Labute approximate surface area is 89.3 Å². The van der Waals surface area contributed by atoms with Gasteiger partial charge in [-0.1, -0.05) is 18.2 Å². The fraction of sp³-hybridized carbons (Fsp3) is 0.333. The van der Waals surface area contributed by atoms with Crippen molar-refractivity contribution in [3.05, 3.63) is 42.2 Å². The third-order valence-corrected chi connectivity index (χ3v) is 2.99. The van der Waals surface area contributed by atoms with Crippen LogP contribution < -0.4 is 10.1 Å². The molecule has 1 unspecified atom stereocenters. The van der Waals surface area contributed by atoms with Gasteiger partial charge in [0.2, 0.25) is 0 Å². The van der Waals surface area contributed by atoms with Crippen molar-refractivity contribution >= 4 is 0 Å². The van der Waals surface area contributed by atoms with E-state index in [-0.39, 0.29) is 0 Å². The van der Waals surface area contributed by atoms with Gasteiger partial charge in [-0.2, -0.15) is 0 Å². The average Bonchev–Trinajstić information content (AvgIpc) is 2.82. The van der Waals surface area contributed by atoms with Crippen molar-refractivity contribution in [1.82, 2.24) is 10.2 Å². The number of hydrogen-bond acceptors (Lipinski definition) is 3. The van der Waals surface area contributed by atoms with Crippen LogP contribution in [0.1, 0.15) is 5.56 Å². The van der Waals surface area contributed by atoms with E-state index in [1.165, 1.54) is 5.56 Å². The van der Waals surface area contributed by atoms with Gasteiger partial charge in [0.25, 0.3) is 0 Å². The smallest absolute Gasteiger partial charge is 0.122 e. The summed E-state index contributed by atoms with van der Waals surface area (Å²) in [5.41, 5.74) is 1.31. The Bertz CT molecular complexity index is 389. The van der Waals surface area contributed by atoms with Gasteiger partial charge in [0.15, 0.2) is 0 Å². The van der Waals surface area contributed by atoms with Crippen molar-refractivity contribution in [3.8, 4) is 5.75 Å². The molecule has 2 aliphatic rings. The summed E-state index contributed by atoms with van der Waals surface area (Å²) in [7, 11) is 0. The van der Waals surface area contributed by atoms with Gasteiger partial charge in [-0.15, -0.1) is 0 Å². The number of fused-ring (bicyclic) bond motifs is 1. The minimum atomic E-state index is 0.464. The van der Waals surface area contributed by atoms with Gasteiger partial charge >= 0.3 is 0 Å². The van der Waals surface area contributed by atoms with Crippen molar-refractivity contribution < 1.29 is 4.74 Å². The van der Waals surface area contributed by atoms with Crippen LogP contribution in [0.15, 0.2) is 36.7 Å². The molecule has 15 heavy (non-hydrogen) atoms. The molecule has 78 valence electrons. The van der Waals surface area contributed by atoms with Gasteiger partial charge in [-0.25, -0.2) is 0 Å². The fourth-order valence-electron chi connectivity index (χ4n) is 2.14. The predicted octanol–water partition coefficient (Wildman–Crippen LogP) is 1.32. The second-order valence-electron chi connectivity index (χ2n) is 3.97. The second kappa shape index (κ2) is 3.50. The molecule has 0 spiro atoms. The third-order valence-electron chi connectivity index (χ3n) is 2.99. The quantitative estimate of drug-likeness (QED) is 0.743. The second-order valence-corrected chi connectivity index (χ2v) is 3.97. The number of para-hydroxylation sites is 1. The summed E-state index contributed by atoms with van der Waals surface area (Å²) < 4.78 is 5.75. The highest BCUT2D eigenvalue weighted by atomic mass is 16.5. The monoisotopic (exact) mass is 202 g/mol. The molecule has 0 amide bonds. The zero-order chi connectivity index (χ0) is 10.1. The van der Waals surface area contributed by atoms with Crippen molar-refractivity contribution in [2.75, 3.05) is 13.3 Å². The molecule has 1 aromatic carbocycles. The van der Waals surface area contributed by atoms with E-state index >= 15 is 0 Å². The summed E-state index contributed by atoms with van der Waals surface area (Å²) in [6.07, 6.45) is 5.16. The summed E-state index contributed by atoms with van der Waals surface area (Å²) in [6.45, 7) is 1.68. The van der Waals surface area contributed by atoms with Crippen molar-refractivity contribution in [2.45, 2.75) is 12.5 Å². The topological polar surface area (TPSA) is 24.5 Å². The molecule has 1 atom stereocenters. The predicted molar refractivity (Wildman–Crippen MR) is 58.4 cm³/mol. The van der Waals surface area contributed by atoms with Crippen molar-refractivity contribution in [1.29, 1.82) is 0 Å². The summed E-state index contributed by atoms with van der Waals surface area (Å²) >= 11 is 0. The molecular formula is C12H14N2O. The van der Waals surface area contributed by atoms with Crippen LogP contribution in [0.3, 0.4) is 0 Å². The number of rotatable bonds is 1. The fourth-order valence-corrected chi connectivity index (χ4v) is 2.14. The average molecular weight is 202 g/mol. The molecule has 0 bridgehead atoms. The zero-order valence-corrected chi connectivity index (χ0v) is 8.52. The van der Waals surface area contributed by atoms with Crippen LogP contribution in [0.4, 0.5) is 0 Å². The highest BCUT2D eigenvalue weighted by molar-refractivity contribution is 5.35. The molecule has 0 aromatic heterocycles. The van der Waals surface area contributed by atoms with E-state index < -0.39 is 0 Å². The first kappa shape index (κ1) is 8.65. The molecule has 0 saturated carbocycles. The minimum absolute atomic E-state index is 0.464. The summed E-state index contributed by atoms with van der Waals surface area (Å²) in [5, 5.41) is 3.18. The van der Waals surface area contributed by atoms with Gasteiger partial charge in [0.05, 0.1) is 12.7 Å². The Kier molecular flexibility index (Phi) is 2.02. The number of nitrogens with one attached hydrogen (secondary N) is 1. The minimum Gasteiger partial charge on any atom is -0.491 e. The van der Waals surface area contributed by atoms with Crippen LogP contribution in [0.2, 0.25) is 0 Å². The molecule has 0 radical (unpaired) electrons. The third kappa shape index (κ3) is 1.54. The molecule has 3 heteroatoms. The van der Waals surface area contributed by atoms with Gasteiger partial charge < -0.3 is 15.0 Å². The lowest BCUT2D eigenvalue weighted by Crippen LogP contribution is -2.40. The maximum absolute atomic E-state index is 5.75. The maximum Gasteiger partial charge on any atom is 0.122 e. The van der Waals surface area contributed by atoms with E-state index in [4.69, 9.17) is 4.74 Å². The SMILES string of the molecule is C1=CN(C2COc3ccccc3C2)CN1. The van der Waals surface area contributed by atoms with Gasteiger partial charge in [0.1, 0.15) is 12.4 Å². The van der Waals surface area contributed by atoms with Crippen molar-refractivity contribution in [3.63, 3.8) is 0 Å². The molecule has 0 saturated heterocycles. The molecule has 0 fully saturated rings. The van der Waals surface area contributed by atoms with Crippen LogP contribution in [0, 0.1) is 0 Å². The van der Waals surface area contributed by atoms with Crippen LogP contribution in [-0.4, -0.2) is 24.2 Å². The molecule has 2 aliphatic heterocycles. The highest BCUT2D eigenvalue weighted by Crippen LogP contribution is 2.26. The summed E-state index contributed by atoms with van der Waals surface area (Å²) in [5.74, 6) is 1.05. The normalized spacial score (nSPS) is 23.2. The first-order chi connectivity index (χ1) is 7.43. The molecule has 1 N–H and O–H groups in total. The highest BCUT2D eigenvalue weighted by Gasteiger charge is 2.24. The Hall–Kier alpha value is -1.64. The maximum atomic E-state index is 5.75. The van der Waals surface area contributed by atoms with Gasteiger partial charge in [0, 0.05) is 12.4 Å². The van der Waals surface area contributed by atoms with E-state index in [0.29, 0.717) is 6.04 Å². The first-order valence-corrected chi connectivity index (χ1v) is 5.30. The number of nitrogens with zero attached hydrogens (tertiary/aromatic N) is 1. The molecule has 3 rings (SSSR count). The van der Waals surface area contributed by atoms with Crippen LogP contribution in [-0.2, 0) is 6.42 Å². The van der Waals surface area contributed by atoms with E-state index in [9.17, 15) is 0 Å². The Morgan fingerprint density at radius 2 is 2.27 bits per heavy atom. The molecule has 2 heterocycles. The van der Waals surface area contributed by atoms with Crippen LogP contribution in [0.5, 0.6) is 5.75 Å². The molecule has 3 nitrogen and oxygen atoms in total. The van der Waals surface area contributed by atoms with E-state index in [2.05, 4.69) is 28.5 Å². The Balaban J connectivity index is 1.79. The van der Waals surface area contributed by atoms with E-state index in [1.54, 1.807) is 0 Å². The number of ether oxygens (including phenoxy) is 1. The standard InChI is InChI=1S/C12H14N2O/c1-2-4-12-10(3-1)7-11(8-15-12)14-6-5-13-9-14/h1-6,11,13H,7-9H2. The van der Waals surface area contributed by atoms with Gasteiger partial charge in [-0.3, -0.25) is 0 Å². The lowest BCUT2D eigenvalue weighted by Gasteiger charge is -2.31. The molecule has 1 aromatic rings.